The Morgan fingerprint density at radius 1 is 1.22 bits per heavy atom. The van der Waals surface area contributed by atoms with Crippen LogP contribution in [0.3, 0.4) is 0 Å². The summed E-state index contributed by atoms with van der Waals surface area (Å²) in [6.45, 7) is 9.94. The quantitative estimate of drug-likeness (QED) is 0.213. The minimum atomic E-state index is -0.211. The van der Waals surface area contributed by atoms with E-state index in [2.05, 4.69) is 61.1 Å². The van der Waals surface area contributed by atoms with E-state index in [0.29, 0.717) is 11.6 Å². The predicted octanol–water partition coefficient (Wildman–Crippen LogP) is 3.11. The van der Waals surface area contributed by atoms with Gasteiger partial charge in [0, 0.05) is 68.4 Å². The Bertz CT molecular complexity index is 1340. The van der Waals surface area contributed by atoms with E-state index >= 15 is 0 Å². The zero-order valence-electron chi connectivity index (χ0n) is 20.2. The third-order valence-corrected chi connectivity index (χ3v) is 6.30. The SMILES string of the molecule is C=CC(=O)N1CCN(Cc2ccc([C@H](C)Nc3ncc4ccc(=O)n(CCN=[N+]=[N-])c4n3)cc2)CC1. The number of carbonyl (C=O) groups excluding carboxylic acids is 1. The fourth-order valence-electron chi connectivity index (χ4n) is 4.25. The third kappa shape index (κ3) is 5.88. The molecule has 3 aromatic rings. The first-order chi connectivity index (χ1) is 17.5. The van der Waals surface area contributed by atoms with Gasteiger partial charge in [-0.2, -0.15) is 4.98 Å². The van der Waals surface area contributed by atoms with E-state index in [1.54, 1.807) is 12.3 Å². The molecule has 1 aliphatic heterocycles. The van der Waals surface area contributed by atoms with Crippen LogP contribution in [0.4, 0.5) is 5.95 Å². The topological polar surface area (TPSA) is 132 Å². The van der Waals surface area contributed by atoms with Gasteiger partial charge in [0.25, 0.3) is 5.56 Å². The highest BCUT2D eigenvalue weighted by atomic mass is 16.2. The number of benzene rings is 1. The number of carbonyl (C=O) groups is 1. The Morgan fingerprint density at radius 3 is 2.67 bits per heavy atom. The Morgan fingerprint density at radius 2 is 1.97 bits per heavy atom. The van der Waals surface area contributed by atoms with E-state index < -0.39 is 0 Å². The van der Waals surface area contributed by atoms with Gasteiger partial charge in [-0.25, -0.2) is 4.98 Å². The monoisotopic (exact) mass is 487 g/mol. The van der Waals surface area contributed by atoms with Gasteiger partial charge in [-0.3, -0.25) is 19.1 Å². The van der Waals surface area contributed by atoms with Gasteiger partial charge in [0.2, 0.25) is 11.9 Å². The molecule has 186 valence electrons. The molecule has 0 aliphatic carbocycles. The van der Waals surface area contributed by atoms with Crippen molar-refractivity contribution in [3.05, 3.63) is 87.2 Å². The van der Waals surface area contributed by atoms with Gasteiger partial charge >= 0.3 is 0 Å². The number of amides is 1. The molecule has 1 aliphatic rings. The maximum atomic E-state index is 12.3. The molecule has 1 atom stereocenters. The molecule has 0 spiro atoms. The molecule has 36 heavy (non-hydrogen) atoms. The van der Waals surface area contributed by atoms with Gasteiger partial charge in [-0.15, -0.1) is 0 Å². The number of azide groups is 1. The van der Waals surface area contributed by atoms with Crippen molar-refractivity contribution in [1.82, 2.24) is 24.3 Å². The number of nitrogens with one attached hydrogen (secondary N) is 1. The zero-order valence-corrected chi connectivity index (χ0v) is 20.2. The molecular weight excluding hydrogens is 458 g/mol. The molecule has 3 heterocycles. The van der Waals surface area contributed by atoms with E-state index in [1.165, 1.54) is 22.3 Å². The summed E-state index contributed by atoms with van der Waals surface area (Å²) in [5.74, 6) is 0.404. The van der Waals surface area contributed by atoms with Crippen molar-refractivity contribution in [3.63, 3.8) is 0 Å². The first kappa shape index (κ1) is 24.9. The largest absolute Gasteiger partial charge is 0.348 e. The highest BCUT2D eigenvalue weighted by molar-refractivity contribution is 5.87. The molecule has 0 saturated carbocycles. The van der Waals surface area contributed by atoms with Crippen LogP contribution in [0.2, 0.25) is 0 Å². The van der Waals surface area contributed by atoms with Crippen LogP contribution in [-0.4, -0.2) is 63.0 Å². The summed E-state index contributed by atoms with van der Waals surface area (Å²) >= 11 is 0. The number of rotatable bonds is 9. The standard InChI is InChI=1S/C25H29N9O2/c1-3-22(35)33-14-12-32(13-15-33)17-19-4-6-20(7-5-19)18(2)29-25-27-16-21-8-9-23(36)34(24(21)30-25)11-10-28-31-26/h3-9,16,18H,1,10-15,17H2,2H3,(H,27,29,30)/t18-/m0/s1. The van der Waals surface area contributed by atoms with Crippen molar-refractivity contribution < 1.29 is 4.79 Å². The van der Waals surface area contributed by atoms with E-state index in [9.17, 15) is 9.59 Å². The van der Waals surface area contributed by atoms with E-state index in [4.69, 9.17) is 5.53 Å². The van der Waals surface area contributed by atoms with Crippen LogP contribution in [0.25, 0.3) is 21.5 Å². The second-order valence-corrected chi connectivity index (χ2v) is 8.66. The number of fused-ring (bicyclic) bond motifs is 1. The van der Waals surface area contributed by atoms with Gasteiger partial charge in [0.05, 0.1) is 6.04 Å². The molecule has 2 aromatic heterocycles. The van der Waals surface area contributed by atoms with Crippen LogP contribution in [0.5, 0.6) is 0 Å². The van der Waals surface area contributed by atoms with Gasteiger partial charge in [0.1, 0.15) is 5.65 Å². The normalized spacial score (nSPS) is 14.8. The summed E-state index contributed by atoms with van der Waals surface area (Å²) in [6, 6.07) is 11.5. The van der Waals surface area contributed by atoms with Crippen LogP contribution >= 0.6 is 0 Å². The fraction of sp³-hybridized carbons (Fsp3) is 0.360. The van der Waals surface area contributed by atoms with Crippen molar-refractivity contribution in [2.24, 2.45) is 5.11 Å². The van der Waals surface area contributed by atoms with Crippen LogP contribution in [0.15, 0.2) is 65.2 Å². The summed E-state index contributed by atoms with van der Waals surface area (Å²) in [4.78, 5) is 40.0. The molecule has 0 radical (unpaired) electrons. The number of piperazine rings is 1. The van der Waals surface area contributed by atoms with Crippen molar-refractivity contribution >= 4 is 22.9 Å². The minimum absolute atomic E-state index is 0.00710. The zero-order chi connectivity index (χ0) is 25.5. The van der Waals surface area contributed by atoms with E-state index in [0.717, 1.165) is 43.7 Å². The molecule has 1 aromatic carbocycles. The lowest BCUT2D eigenvalue weighted by Gasteiger charge is -2.34. The van der Waals surface area contributed by atoms with Gasteiger partial charge < -0.3 is 10.2 Å². The molecule has 11 heteroatoms. The summed E-state index contributed by atoms with van der Waals surface area (Å²) < 4.78 is 1.49. The second kappa shape index (κ2) is 11.5. The highest BCUT2D eigenvalue weighted by Gasteiger charge is 2.19. The molecule has 0 unspecified atom stereocenters. The molecule has 1 saturated heterocycles. The molecule has 1 N–H and O–H groups in total. The average Bonchev–Trinajstić information content (AvgIpc) is 2.90. The molecular formula is C25H29N9O2. The maximum Gasteiger partial charge on any atom is 0.252 e. The van der Waals surface area contributed by atoms with Crippen LogP contribution in [-0.2, 0) is 17.9 Å². The highest BCUT2D eigenvalue weighted by Crippen LogP contribution is 2.20. The minimum Gasteiger partial charge on any atom is -0.348 e. The predicted molar refractivity (Wildman–Crippen MR) is 138 cm³/mol. The lowest BCUT2D eigenvalue weighted by molar-refractivity contribution is -0.127. The second-order valence-electron chi connectivity index (χ2n) is 8.66. The van der Waals surface area contributed by atoms with E-state index in [-0.39, 0.29) is 30.6 Å². The van der Waals surface area contributed by atoms with Crippen molar-refractivity contribution in [1.29, 1.82) is 0 Å². The fourth-order valence-corrected chi connectivity index (χ4v) is 4.25. The average molecular weight is 488 g/mol. The maximum absolute atomic E-state index is 12.3. The lowest BCUT2D eigenvalue weighted by Crippen LogP contribution is -2.47. The Kier molecular flexibility index (Phi) is 7.94. The van der Waals surface area contributed by atoms with Crippen LogP contribution in [0, 0.1) is 0 Å². The third-order valence-electron chi connectivity index (χ3n) is 6.30. The van der Waals surface area contributed by atoms with Crippen LogP contribution in [0.1, 0.15) is 24.1 Å². The molecule has 0 bridgehead atoms. The van der Waals surface area contributed by atoms with Crippen molar-refractivity contribution in [2.45, 2.75) is 26.1 Å². The summed E-state index contributed by atoms with van der Waals surface area (Å²) in [7, 11) is 0. The Balaban J connectivity index is 1.40. The van der Waals surface area contributed by atoms with Crippen molar-refractivity contribution in [2.75, 3.05) is 38.0 Å². The van der Waals surface area contributed by atoms with Crippen LogP contribution < -0.4 is 10.9 Å². The number of nitrogens with zero attached hydrogens (tertiary/aromatic N) is 8. The Hall–Kier alpha value is -4.21. The first-order valence-corrected chi connectivity index (χ1v) is 11.8. The van der Waals surface area contributed by atoms with Gasteiger partial charge in [-0.1, -0.05) is 36.0 Å². The molecule has 4 rings (SSSR count). The van der Waals surface area contributed by atoms with E-state index in [1.807, 2.05) is 11.8 Å². The molecule has 11 nitrogen and oxygen atoms in total. The number of aromatic nitrogens is 3. The number of hydrogen-bond acceptors (Lipinski definition) is 7. The number of pyridine rings is 1. The molecule has 1 amide bonds. The first-order valence-electron chi connectivity index (χ1n) is 11.8. The Labute approximate surface area is 208 Å². The van der Waals surface area contributed by atoms with Gasteiger partial charge in [-0.05, 0) is 35.7 Å². The number of hydrogen-bond donors (Lipinski definition) is 1. The molecule has 1 fully saturated rings. The van der Waals surface area contributed by atoms with Gasteiger partial charge in [0.15, 0.2) is 0 Å². The number of anilines is 1. The lowest BCUT2D eigenvalue weighted by atomic mass is 10.1. The smallest absolute Gasteiger partial charge is 0.252 e. The summed E-state index contributed by atoms with van der Waals surface area (Å²) in [5, 5.41) is 7.56. The summed E-state index contributed by atoms with van der Waals surface area (Å²) in [6.07, 6.45) is 3.05. The van der Waals surface area contributed by atoms with Crippen molar-refractivity contribution in [3.8, 4) is 0 Å². The summed E-state index contributed by atoms with van der Waals surface area (Å²) in [5.41, 5.74) is 11.1.